The molecule has 0 aromatic heterocycles. The highest BCUT2D eigenvalue weighted by atomic mass is 79.9. The Kier molecular flexibility index (Phi) is 6.84. The van der Waals surface area contributed by atoms with Crippen molar-refractivity contribution < 1.29 is 14.6 Å². The first-order valence-corrected chi connectivity index (χ1v) is 11.7. The molecule has 166 valence electrons. The van der Waals surface area contributed by atoms with Crippen LogP contribution in [0.4, 0.5) is 10.5 Å². The van der Waals surface area contributed by atoms with Crippen molar-refractivity contribution in [3.8, 4) is 5.75 Å². The summed E-state index contributed by atoms with van der Waals surface area (Å²) in [6.45, 7) is 4.02. The van der Waals surface area contributed by atoms with E-state index in [4.69, 9.17) is 4.74 Å². The van der Waals surface area contributed by atoms with Crippen LogP contribution in [0.25, 0.3) is 0 Å². The van der Waals surface area contributed by atoms with E-state index in [9.17, 15) is 9.90 Å². The maximum Gasteiger partial charge on any atom is 0.321 e. The molecule has 0 aliphatic carbocycles. The molecule has 6 nitrogen and oxygen atoms in total. The summed E-state index contributed by atoms with van der Waals surface area (Å²) in [5.41, 5.74) is 2.02. The molecule has 2 aliphatic heterocycles. The number of methoxy groups -OCH3 is 1. The fourth-order valence-corrected chi connectivity index (χ4v) is 5.23. The lowest BCUT2D eigenvalue weighted by Gasteiger charge is -2.58. The van der Waals surface area contributed by atoms with E-state index in [1.165, 1.54) is 5.56 Å². The largest absolute Gasteiger partial charge is 0.497 e. The standard InChI is InChI=1S/C24H30BrN3O3/c1-3-21-23(16-4-6-17(25)7-5-16)22-15-27(14-19(29)12-13-28(21)22)24(30)26-18-8-10-20(31-2)11-9-18/h4-11,19,21-23,29H,3,12-15H2,1-2H3,(H,26,30)/t19-,21+,22-,23-/m0/s1. The lowest BCUT2D eigenvalue weighted by molar-refractivity contribution is -0.0544. The van der Waals surface area contributed by atoms with Crippen molar-refractivity contribution in [3.05, 3.63) is 58.6 Å². The lowest BCUT2D eigenvalue weighted by Crippen LogP contribution is -2.67. The SMILES string of the molecule is CC[C@@H]1[C@H](c2ccc(Br)cc2)[C@@H]2CN(C(=O)Nc3ccc(OC)cc3)C[C@@H](O)CCN12. The molecule has 4 atom stereocenters. The number of ether oxygens (including phenoxy) is 1. The number of anilines is 1. The number of aliphatic hydroxyl groups is 1. The number of urea groups is 1. The second-order valence-corrected chi connectivity index (χ2v) is 9.28. The van der Waals surface area contributed by atoms with Gasteiger partial charge in [-0.2, -0.15) is 0 Å². The highest BCUT2D eigenvalue weighted by Gasteiger charge is 2.49. The van der Waals surface area contributed by atoms with Gasteiger partial charge in [-0.15, -0.1) is 0 Å². The molecule has 0 radical (unpaired) electrons. The van der Waals surface area contributed by atoms with Crippen LogP contribution < -0.4 is 10.1 Å². The molecule has 2 saturated heterocycles. The first kappa shape index (κ1) is 22.1. The Bertz CT molecular complexity index is 890. The molecule has 4 rings (SSSR count). The summed E-state index contributed by atoms with van der Waals surface area (Å²) in [7, 11) is 1.62. The Morgan fingerprint density at radius 2 is 1.87 bits per heavy atom. The van der Waals surface area contributed by atoms with Crippen molar-refractivity contribution in [2.45, 2.75) is 43.9 Å². The predicted molar refractivity (Wildman–Crippen MR) is 126 cm³/mol. The number of benzene rings is 2. The van der Waals surface area contributed by atoms with Crippen molar-refractivity contribution >= 4 is 27.6 Å². The van der Waals surface area contributed by atoms with Gasteiger partial charge in [0.1, 0.15) is 5.75 Å². The first-order valence-electron chi connectivity index (χ1n) is 10.9. The number of carbonyl (C=O) groups is 1. The average molecular weight is 488 g/mol. The third kappa shape index (κ3) is 4.73. The van der Waals surface area contributed by atoms with Gasteiger partial charge >= 0.3 is 6.03 Å². The summed E-state index contributed by atoms with van der Waals surface area (Å²) in [5, 5.41) is 13.5. The molecule has 2 amide bonds. The first-order chi connectivity index (χ1) is 15.0. The van der Waals surface area contributed by atoms with Crippen LogP contribution in [0.1, 0.15) is 31.2 Å². The molecule has 2 fully saturated rings. The molecule has 2 aliphatic rings. The third-order valence-corrected chi connectivity index (χ3v) is 7.07. The maximum absolute atomic E-state index is 13.1. The van der Waals surface area contributed by atoms with Crippen molar-refractivity contribution in [2.75, 3.05) is 32.1 Å². The van der Waals surface area contributed by atoms with E-state index in [1.54, 1.807) is 12.0 Å². The van der Waals surface area contributed by atoms with E-state index in [2.05, 4.69) is 57.3 Å². The number of amides is 2. The molecular formula is C24H30BrN3O3. The van der Waals surface area contributed by atoms with Gasteiger partial charge in [0.05, 0.1) is 13.2 Å². The summed E-state index contributed by atoms with van der Waals surface area (Å²) < 4.78 is 6.26. The second kappa shape index (κ2) is 9.59. The predicted octanol–water partition coefficient (Wildman–Crippen LogP) is 4.30. The zero-order chi connectivity index (χ0) is 22.0. The summed E-state index contributed by atoms with van der Waals surface area (Å²) in [6.07, 6.45) is 1.20. The van der Waals surface area contributed by atoms with Crippen LogP contribution in [0.2, 0.25) is 0 Å². The Morgan fingerprint density at radius 1 is 1.16 bits per heavy atom. The molecule has 2 aromatic rings. The van der Waals surface area contributed by atoms with Gasteiger partial charge in [0.15, 0.2) is 0 Å². The van der Waals surface area contributed by atoms with Gasteiger partial charge in [0.25, 0.3) is 0 Å². The Balaban J connectivity index is 1.52. The van der Waals surface area contributed by atoms with Crippen LogP contribution in [-0.2, 0) is 0 Å². The molecule has 2 heterocycles. The molecular weight excluding hydrogens is 458 g/mol. The summed E-state index contributed by atoms with van der Waals surface area (Å²) in [6, 6.07) is 16.3. The van der Waals surface area contributed by atoms with E-state index in [-0.39, 0.29) is 12.1 Å². The van der Waals surface area contributed by atoms with Crippen molar-refractivity contribution in [2.24, 2.45) is 0 Å². The molecule has 0 saturated carbocycles. The fourth-order valence-electron chi connectivity index (χ4n) is 4.97. The number of hydrogen-bond donors (Lipinski definition) is 2. The lowest BCUT2D eigenvalue weighted by atomic mass is 9.73. The molecule has 7 heteroatoms. The summed E-state index contributed by atoms with van der Waals surface area (Å²) in [5.74, 6) is 1.12. The van der Waals surface area contributed by atoms with Crippen LogP contribution in [0.3, 0.4) is 0 Å². The quantitative estimate of drug-likeness (QED) is 0.674. The number of carbonyl (C=O) groups excluding carboxylic acids is 1. The van der Waals surface area contributed by atoms with Gasteiger partial charge in [-0.25, -0.2) is 4.79 Å². The zero-order valence-corrected chi connectivity index (χ0v) is 19.6. The van der Waals surface area contributed by atoms with Crippen LogP contribution in [0.5, 0.6) is 5.75 Å². The Morgan fingerprint density at radius 3 is 2.52 bits per heavy atom. The third-order valence-electron chi connectivity index (χ3n) is 6.54. The molecule has 0 unspecified atom stereocenters. The van der Waals surface area contributed by atoms with Crippen LogP contribution in [-0.4, -0.2) is 65.9 Å². The fraction of sp³-hybridized carbons (Fsp3) is 0.458. The number of β-amino-alcohol motifs (C(OH)–C–C–N with tert-alkyl or cyclic N) is 1. The van der Waals surface area contributed by atoms with Gasteiger partial charge in [-0.05, 0) is 54.8 Å². The Labute approximate surface area is 192 Å². The highest BCUT2D eigenvalue weighted by Crippen LogP contribution is 2.43. The minimum Gasteiger partial charge on any atom is -0.497 e. The minimum atomic E-state index is -0.521. The van der Waals surface area contributed by atoms with Gasteiger partial charge < -0.3 is 20.1 Å². The molecule has 0 bridgehead atoms. The van der Waals surface area contributed by atoms with Crippen LogP contribution in [0, 0.1) is 0 Å². The summed E-state index contributed by atoms with van der Waals surface area (Å²) >= 11 is 3.53. The van der Waals surface area contributed by atoms with E-state index >= 15 is 0 Å². The van der Waals surface area contributed by atoms with Crippen molar-refractivity contribution in [3.63, 3.8) is 0 Å². The highest BCUT2D eigenvalue weighted by molar-refractivity contribution is 9.10. The van der Waals surface area contributed by atoms with E-state index in [0.29, 0.717) is 37.2 Å². The van der Waals surface area contributed by atoms with E-state index in [0.717, 1.165) is 23.2 Å². The normalized spacial score (nSPS) is 26.3. The van der Waals surface area contributed by atoms with Crippen molar-refractivity contribution in [1.29, 1.82) is 0 Å². The molecule has 31 heavy (non-hydrogen) atoms. The van der Waals surface area contributed by atoms with E-state index < -0.39 is 6.10 Å². The number of aliphatic hydroxyl groups excluding tert-OH is 1. The maximum atomic E-state index is 13.1. The number of nitrogens with one attached hydrogen (secondary N) is 1. The smallest absolute Gasteiger partial charge is 0.321 e. The molecule has 2 aromatic carbocycles. The average Bonchev–Trinajstić information content (AvgIpc) is 2.76. The number of halogens is 1. The van der Waals surface area contributed by atoms with Crippen LogP contribution >= 0.6 is 15.9 Å². The van der Waals surface area contributed by atoms with Gasteiger partial charge in [0.2, 0.25) is 0 Å². The zero-order valence-electron chi connectivity index (χ0n) is 18.0. The van der Waals surface area contributed by atoms with Gasteiger partial charge in [-0.3, -0.25) is 4.90 Å². The number of rotatable bonds is 4. The van der Waals surface area contributed by atoms with Gasteiger partial charge in [0, 0.05) is 47.8 Å². The number of nitrogens with zero attached hydrogens (tertiary/aromatic N) is 2. The Hall–Kier alpha value is -2.09. The molecule has 2 N–H and O–H groups in total. The minimum absolute atomic E-state index is 0.180. The van der Waals surface area contributed by atoms with Crippen LogP contribution in [0.15, 0.2) is 53.0 Å². The van der Waals surface area contributed by atoms with Crippen molar-refractivity contribution in [1.82, 2.24) is 9.80 Å². The molecule has 0 spiro atoms. The topological polar surface area (TPSA) is 65.0 Å². The monoisotopic (exact) mass is 487 g/mol. The number of fused-ring (bicyclic) bond motifs is 1. The number of hydrogen-bond acceptors (Lipinski definition) is 4. The summed E-state index contributed by atoms with van der Waals surface area (Å²) in [4.78, 5) is 17.3. The van der Waals surface area contributed by atoms with Gasteiger partial charge in [-0.1, -0.05) is 35.0 Å². The second-order valence-electron chi connectivity index (χ2n) is 8.36. The van der Waals surface area contributed by atoms with E-state index in [1.807, 2.05) is 24.3 Å².